The van der Waals surface area contributed by atoms with Crippen molar-refractivity contribution in [2.75, 3.05) is 0 Å². The molecule has 0 atom stereocenters. The molecule has 0 unspecified atom stereocenters. The monoisotopic (exact) mass is 345 g/mol. The van der Waals surface area contributed by atoms with Crippen LogP contribution in [0.1, 0.15) is 20.3 Å². The SMILES string of the molecule is CC(CC(C)=Nc1ccccc1O)=Nc1ccccc1O.[Cu]. The number of benzene rings is 2. The first-order valence-electron chi connectivity index (χ1n) is 6.70. The van der Waals surface area contributed by atoms with Crippen LogP contribution >= 0.6 is 0 Å². The minimum absolute atomic E-state index is 0. The van der Waals surface area contributed by atoms with Gasteiger partial charge in [0, 0.05) is 34.9 Å². The quantitative estimate of drug-likeness (QED) is 0.638. The van der Waals surface area contributed by atoms with Gasteiger partial charge in [0.25, 0.3) is 0 Å². The maximum atomic E-state index is 9.69. The Hall–Kier alpha value is -2.10. The van der Waals surface area contributed by atoms with Crippen molar-refractivity contribution >= 4 is 22.8 Å². The molecule has 4 nitrogen and oxygen atoms in total. The summed E-state index contributed by atoms with van der Waals surface area (Å²) in [4.78, 5) is 8.77. The van der Waals surface area contributed by atoms with Crippen molar-refractivity contribution in [3.63, 3.8) is 0 Å². The second-order valence-corrected chi connectivity index (χ2v) is 4.85. The first-order valence-corrected chi connectivity index (χ1v) is 6.70. The Morgan fingerprint density at radius 2 is 1.14 bits per heavy atom. The summed E-state index contributed by atoms with van der Waals surface area (Å²) < 4.78 is 0. The second kappa shape index (κ2) is 8.37. The van der Waals surface area contributed by atoms with Gasteiger partial charge in [-0.05, 0) is 38.1 Å². The third-order valence-corrected chi connectivity index (χ3v) is 2.90. The molecule has 0 saturated heterocycles. The van der Waals surface area contributed by atoms with Crippen LogP contribution < -0.4 is 0 Å². The topological polar surface area (TPSA) is 65.2 Å². The van der Waals surface area contributed by atoms with Crippen LogP contribution in [0.3, 0.4) is 0 Å². The molecule has 2 aromatic rings. The predicted molar refractivity (Wildman–Crippen MR) is 86.4 cm³/mol. The molecule has 0 amide bonds. The third kappa shape index (κ3) is 5.02. The van der Waals surface area contributed by atoms with Gasteiger partial charge in [0.2, 0.25) is 0 Å². The molecule has 0 aliphatic heterocycles. The maximum Gasteiger partial charge on any atom is 0.141 e. The van der Waals surface area contributed by atoms with Crippen molar-refractivity contribution in [1.29, 1.82) is 0 Å². The number of phenols is 2. The second-order valence-electron chi connectivity index (χ2n) is 4.85. The number of aliphatic imine (C=N–C) groups is 2. The van der Waals surface area contributed by atoms with E-state index in [1.807, 2.05) is 26.0 Å². The van der Waals surface area contributed by atoms with Gasteiger partial charge < -0.3 is 10.2 Å². The van der Waals surface area contributed by atoms with Gasteiger partial charge >= 0.3 is 0 Å². The molecule has 0 aliphatic carbocycles. The third-order valence-electron chi connectivity index (χ3n) is 2.90. The van der Waals surface area contributed by atoms with Crippen LogP contribution in [-0.4, -0.2) is 21.6 Å². The fourth-order valence-corrected chi connectivity index (χ4v) is 1.98. The summed E-state index contributed by atoms with van der Waals surface area (Å²) >= 11 is 0. The zero-order chi connectivity index (χ0) is 15.2. The summed E-state index contributed by atoms with van der Waals surface area (Å²) in [7, 11) is 0. The van der Waals surface area contributed by atoms with Crippen molar-refractivity contribution < 1.29 is 27.3 Å². The van der Waals surface area contributed by atoms with Crippen LogP contribution in [0, 0.1) is 0 Å². The van der Waals surface area contributed by atoms with Crippen LogP contribution in [0.5, 0.6) is 11.5 Å². The molecule has 119 valence electrons. The number of rotatable bonds is 4. The number of phenolic OH excluding ortho intramolecular Hbond substituents is 2. The maximum absolute atomic E-state index is 9.69. The van der Waals surface area contributed by atoms with E-state index in [9.17, 15) is 10.2 Å². The minimum atomic E-state index is 0. The summed E-state index contributed by atoms with van der Waals surface area (Å²) in [6.45, 7) is 3.77. The molecule has 1 radical (unpaired) electrons. The molecule has 5 heteroatoms. The van der Waals surface area contributed by atoms with Crippen LogP contribution in [-0.2, 0) is 17.1 Å². The van der Waals surface area contributed by atoms with Gasteiger partial charge in [-0.15, -0.1) is 0 Å². The van der Waals surface area contributed by atoms with Crippen LogP contribution in [0.25, 0.3) is 0 Å². The predicted octanol–water partition coefficient (Wildman–Crippen LogP) is 4.37. The Morgan fingerprint density at radius 1 is 0.773 bits per heavy atom. The Bertz CT molecular complexity index is 637. The van der Waals surface area contributed by atoms with Gasteiger partial charge in [0.05, 0.1) is 0 Å². The standard InChI is InChI=1S/C17H18N2O2.Cu/c1-12(18-14-7-3-5-9-16(14)20)11-13(2)19-15-8-4-6-10-17(15)21;/h3-10,20-21H,11H2,1-2H3;. The fourth-order valence-electron chi connectivity index (χ4n) is 1.98. The van der Waals surface area contributed by atoms with Gasteiger partial charge in [0.1, 0.15) is 22.9 Å². The summed E-state index contributed by atoms with van der Waals surface area (Å²) in [6.07, 6.45) is 0.572. The van der Waals surface area contributed by atoms with E-state index >= 15 is 0 Å². The van der Waals surface area contributed by atoms with E-state index in [0.29, 0.717) is 17.8 Å². The van der Waals surface area contributed by atoms with Gasteiger partial charge in [-0.25, -0.2) is 0 Å². The molecule has 0 bridgehead atoms. The van der Waals surface area contributed by atoms with Crippen molar-refractivity contribution in [1.82, 2.24) is 0 Å². The number of hydrogen-bond acceptors (Lipinski definition) is 4. The number of aromatic hydroxyl groups is 2. The Labute approximate surface area is 140 Å². The van der Waals surface area contributed by atoms with E-state index in [2.05, 4.69) is 9.98 Å². The zero-order valence-corrected chi connectivity index (χ0v) is 13.4. The van der Waals surface area contributed by atoms with Crippen LogP contribution in [0.4, 0.5) is 11.4 Å². The molecular formula is C17H18CuN2O2. The average Bonchev–Trinajstić information content (AvgIpc) is 2.44. The van der Waals surface area contributed by atoms with E-state index in [-0.39, 0.29) is 28.6 Å². The van der Waals surface area contributed by atoms with Gasteiger partial charge in [-0.3, -0.25) is 9.98 Å². The molecule has 22 heavy (non-hydrogen) atoms. The van der Waals surface area contributed by atoms with E-state index in [1.165, 1.54) is 0 Å². The van der Waals surface area contributed by atoms with Gasteiger partial charge in [-0.1, -0.05) is 24.3 Å². The summed E-state index contributed by atoms with van der Waals surface area (Å²) in [5, 5.41) is 19.4. The average molecular weight is 346 g/mol. The summed E-state index contributed by atoms with van der Waals surface area (Å²) in [5.74, 6) is 0.319. The van der Waals surface area contributed by atoms with Crippen molar-refractivity contribution in [2.24, 2.45) is 9.98 Å². The zero-order valence-electron chi connectivity index (χ0n) is 12.4. The minimum Gasteiger partial charge on any atom is -0.506 e. The number of para-hydroxylation sites is 4. The molecule has 0 fully saturated rings. The van der Waals surface area contributed by atoms with Gasteiger partial charge in [-0.2, -0.15) is 0 Å². The van der Waals surface area contributed by atoms with E-state index in [4.69, 9.17) is 0 Å². The normalized spacial score (nSPS) is 11.9. The molecule has 0 aliphatic rings. The van der Waals surface area contributed by atoms with Crippen molar-refractivity contribution in [3.05, 3.63) is 48.5 Å². The van der Waals surface area contributed by atoms with E-state index < -0.39 is 0 Å². The molecule has 2 rings (SSSR count). The molecule has 0 heterocycles. The molecule has 0 saturated carbocycles. The Kier molecular flexibility index (Phi) is 6.83. The number of hydrogen-bond donors (Lipinski definition) is 2. The van der Waals surface area contributed by atoms with Crippen molar-refractivity contribution in [3.8, 4) is 11.5 Å². The smallest absolute Gasteiger partial charge is 0.141 e. The van der Waals surface area contributed by atoms with E-state index in [0.717, 1.165) is 11.4 Å². The molecule has 0 spiro atoms. The van der Waals surface area contributed by atoms with Gasteiger partial charge in [0.15, 0.2) is 0 Å². The van der Waals surface area contributed by atoms with Crippen LogP contribution in [0.2, 0.25) is 0 Å². The summed E-state index contributed by atoms with van der Waals surface area (Å²) in [6, 6.07) is 13.9. The molecule has 2 aromatic carbocycles. The summed E-state index contributed by atoms with van der Waals surface area (Å²) in [5.41, 5.74) is 2.78. The van der Waals surface area contributed by atoms with Crippen LogP contribution in [0.15, 0.2) is 58.5 Å². The Balaban J connectivity index is 0.00000242. The molecule has 2 N–H and O–H groups in total. The largest absolute Gasteiger partial charge is 0.506 e. The van der Waals surface area contributed by atoms with Crippen molar-refractivity contribution in [2.45, 2.75) is 20.3 Å². The Morgan fingerprint density at radius 3 is 1.50 bits per heavy atom. The first-order chi connectivity index (χ1) is 10.1. The fraction of sp³-hybridized carbons (Fsp3) is 0.176. The first kappa shape index (κ1) is 17.9. The van der Waals surface area contributed by atoms with E-state index in [1.54, 1.807) is 36.4 Å². The molecule has 0 aromatic heterocycles. The molecular weight excluding hydrogens is 328 g/mol. The number of nitrogens with zero attached hydrogens (tertiary/aromatic N) is 2.